The Balaban J connectivity index is 1.16. The Morgan fingerprint density at radius 1 is 0.368 bits per heavy atom. The zero-order valence-corrected chi connectivity index (χ0v) is 32.6. The standard InChI is InChI=1S/C54H42N2O/c1-53(2)45-26-12-9-23-43(45)51-46(53)27-16-28-48(51)56(38-31-32-40-39-21-8-11-25-44(39)54(3,4)47(40)34-38)37-20-14-19-36(33-37)55(35-17-6-5-7-18-35)49-29-15-24-42-41-22-10-13-30-50(41)57-52(42)49/h5-34H,1-4H3. The van der Waals surface area contributed by atoms with Crippen molar-refractivity contribution in [3.8, 4) is 22.3 Å². The third kappa shape index (κ3) is 4.91. The molecule has 0 radical (unpaired) electrons. The first kappa shape index (κ1) is 33.5. The number of para-hydroxylation sites is 3. The van der Waals surface area contributed by atoms with E-state index >= 15 is 0 Å². The Hall–Kier alpha value is -6.84. The molecule has 0 atom stereocenters. The summed E-state index contributed by atoms with van der Waals surface area (Å²) in [6.07, 6.45) is 0. The molecule has 8 aromatic carbocycles. The summed E-state index contributed by atoms with van der Waals surface area (Å²) in [6, 6.07) is 66.2. The largest absolute Gasteiger partial charge is 0.454 e. The van der Waals surface area contributed by atoms with Crippen LogP contribution in [0.2, 0.25) is 0 Å². The molecule has 0 amide bonds. The molecule has 0 saturated heterocycles. The molecular formula is C54H42N2O. The van der Waals surface area contributed by atoms with Crippen LogP contribution in [-0.2, 0) is 10.8 Å². The van der Waals surface area contributed by atoms with Gasteiger partial charge in [0.1, 0.15) is 5.58 Å². The second kappa shape index (κ2) is 12.3. The van der Waals surface area contributed by atoms with Crippen LogP contribution in [0.1, 0.15) is 49.9 Å². The van der Waals surface area contributed by atoms with Crippen LogP contribution in [0.25, 0.3) is 44.2 Å². The first-order chi connectivity index (χ1) is 27.8. The van der Waals surface area contributed by atoms with Crippen LogP contribution in [0, 0.1) is 0 Å². The highest BCUT2D eigenvalue weighted by molar-refractivity contribution is 6.10. The van der Waals surface area contributed by atoms with Crippen molar-refractivity contribution in [2.24, 2.45) is 0 Å². The van der Waals surface area contributed by atoms with E-state index in [4.69, 9.17) is 4.42 Å². The summed E-state index contributed by atoms with van der Waals surface area (Å²) < 4.78 is 6.66. The molecule has 3 nitrogen and oxygen atoms in total. The highest BCUT2D eigenvalue weighted by atomic mass is 16.3. The molecule has 0 fully saturated rings. The molecule has 0 N–H and O–H groups in total. The number of nitrogens with zero attached hydrogens (tertiary/aromatic N) is 2. The minimum Gasteiger partial charge on any atom is -0.454 e. The van der Waals surface area contributed by atoms with Gasteiger partial charge in [-0.25, -0.2) is 0 Å². The number of rotatable bonds is 6. The van der Waals surface area contributed by atoms with Crippen LogP contribution in [0.4, 0.5) is 34.1 Å². The van der Waals surface area contributed by atoms with Gasteiger partial charge in [0.2, 0.25) is 0 Å². The molecule has 1 heterocycles. The van der Waals surface area contributed by atoms with Gasteiger partial charge in [-0.3, -0.25) is 0 Å². The molecule has 57 heavy (non-hydrogen) atoms. The number of furan rings is 1. The Kier molecular flexibility index (Phi) is 7.25. The van der Waals surface area contributed by atoms with Crippen LogP contribution < -0.4 is 9.80 Å². The van der Waals surface area contributed by atoms with E-state index in [1.54, 1.807) is 0 Å². The van der Waals surface area contributed by atoms with Crippen LogP contribution in [0.5, 0.6) is 0 Å². The zero-order valence-electron chi connectivity index (χ0n) is 32.6. The van der Waals surface area contributed by atoms with Gasteiger partial charge in [-0.05, 0) is 99.6 Å². The van der Waals surface area contributed by atoms with Gasteiger partial charge in [0.15, 0.2) is 5.58 Å². The Morgan fingerprint density at radius 2 is 0.895 bits per heavy atom. The number of benzene rings is 8. The van der Waals surface area contributed by atoms with Gasteiger partial charge in [0, 0.05) is 49.9 Å². The minimum absolute atomic E-state index is 0.133. The summed E-state index contributed by atoms with van der Waals surface area (Å²) in [4.78, 5) is 4.83. The van der Waals surface area contributed by atoms with E-state index in [0.29, 0.717) is 0 Å². The quantitative estimate of drug-likeness (QED) is 0.170. The van der Waals surface area contributed by atoms with Gasteiger partial charge in [0.05, 0.1) is 11.4 Å². The van der Waals surface area contributed by atoms with Gasteiger partial charge < -0.3 is 14.2 Å². The van der Waals surface area contributed by atoms with Crippen LogP contribution in [0.15, 0.2) is 186 Å². The summed E-state index contributed by atoms with van der Waals surface area (Å²) in [5, 5.41) is 2.22. The highest BCUT2D eigenvalue weighted by Gasteiger charge is 2.39. The van der Waals surface area contributed by atoms with E-state index in [0.717, 1.165) is 50.4 Å². The van der Waals surface area contributed by atoms with Crippen LogP contribution in [-0.4, -0.2) is 0 Å². The second-order valence-electron chi connectivity index (χ2n) is 16.5. The molecule has 0 saturated carbocycles. The SMILES string of the molecule is CC1(C)c2ccccc2-c2ccc(N(c3cccc(N(c4ccccc4)c4cccc5c4oc4ccccc45)c3)c3cccc4c3-c3ccccc3C4(C)C)cc21. The van der Waals surface area contributed by atoms with Crippen molar-refractivity contribution in [3.63, 3.8) is 0 Å². The molecule has 2 aliphatic rings. The summed E-state index contributed by atoms with van der Waals surface area (Å²) in [7, 11) is 0. The topological polar surface area (TPSA) is 19.6 Å². The smallest absolute Gasteiger partial charge is 0.159 e. The van der Waals surface area contributed by atoms with E-state index in [1.165, 1.54) is 50.2 Å². The minimum atomic E-state index is -0.141. The van der Waals surface area contributed by atoms with Gasteiger partial charge in [0.25, 0.3) is 0 Å². The fourth-order valence-electron chi connectivity index (χ4n) is 9.86. The van der Waals surface area contributed by atoms with E-state index < -0.39 is 0 Å². The number of anilines is 6. The van der Waals surface area contributed by atoms with E-state index in [1.807, 2.05) is 6.07 Å². The normalized spacial score (nSPS) is 14.2. The number of fused-ring (bicyclic) bond motifs is 9. The van der Waals surface area contributed by atoms with Gasteiger partial charge >= 0.3 is 0 Å². The molecule has 11 rings (SSSR count). The third-order valence-electron chi connectivity index (χ3n) is 12.6. The average Bonchev–Trinajstić information content (AvgIpc) is 3.82. The summed E-state index contributed by atoms with van der Waals surface area (Å²) in [6.45, 7) is 9.44. The Morgan fingerprint density at radius 3 is 1.70 bits per heavy atom. The molecule has 274 valence electrons. The fourth-order valence-corrected chi connectivity index (χ4v) is 9.86. The number of hydrogen-bond acceptors (Lipinski definition) is 3. The maximum atomic E-state index is 6.66. The average molecular weight is 735 g/mol. The molecule has 9 aromatic rings. The van der Waals surface area contributed by atoms with E-state index in [-0.39, 0.29) is 10.8 Å². The van der Waals surface area contributed by atoms with Crippen LogP contribution >= 0.6 is 0 Å². The molecule has 1 aromatic heterocycles. The maximum Gasteiger partial charge on any atom is 0.159 e. The summed E-state index contributed by atoms with van der Waals surface area (Å²) in [5.41, 5.74) is 18.6. The lowest BCUT2D eigenvalue weighted by Crippen LogP contribution is -2.18. The summed E-state index contributed by atoms with van der Waals surface area (Å²) >= 11 is 0. The van der Waals surface area contributed by atoms with Crippen LogP contribution in [0.3, 0.4) is 0 Å². The predicted octanol–water partition coefficient (Wildman–Crippen LogP) is 15.1. The first-order valence-corrected chi connectivity index (χ1v) is 19.9. The lowest BCUT2D eigenvalue weighted by Gasteiger charge is -2.32. The zero-order chi connectivity index (χ0) is 38.5. The van der Waals surface area contributed by atoms with Crippen molar-refractivity contribution >= 4 is 56.1 Å². The lowest BCUT2D eigenvalue weighted by molar-refractivity contribution is 0.660. The molecule has 2 aliphatic carbocycles. The lowest BCUT2D eigenvalue weighted by atomic mass is 9.82. The van der Waals surface area contributed by atoms with Crippen molar-refractivity contribution in [2.45, 2.75) is 38.5 Å². The van der Waals surface area contributed by atoms with E-state index in [2.05, 4.69) is 213 Å². The molecule has 0 spiro atoms. The molecule has 0 unspecified atom stereocenters. The van der Waals surface area contributed by atoms with Gasteiger partial charge in [-0.2, -0.15) is 0 Å². The first-order valence-electron chi connectivity index (χ1n) is 19.9. The van der Waals surface area contributed by atoms with Crippen molar-refractivity contribution < 1.29 is 4.42 Å². The third-order valence-corrected chi connectivity index (χ3v) is 12.6. The molecular weight excluding hydrogens is 693 g/mol. The second-order valence-corrected chi connectivity index (χ2v) is 16.5. The number of hydrogen-bond donors (Lipinski definition) is 0. The molecule has 3 heteroatoms. The van der Waals surface area contributed by atoms with Crippen molar-refractivity contribution in [3.05, 3.63) is 204 Å². The van der Waals surface area contributed by atoms with Crippen molar-refractivity contribution in [1.29, 1.82) is 0 Å². The Bertz CT molecular complexity index is 3040. The van der Waals surface area contributed by atoms with Gasteiger partial charge in [-0.15, -0.1) is 0 Å². The van der Waals surface area contributed by atoms with Crippen molar-refractivity contribution in [2.75, 3.05) is 9.80 Å². The Labute approximate surface area is 334 Å². The van der Waals surface area contributed by atoms with E-state index in [9.17, 15) is 0 Å². The monoisotopic (exact) mass is 734 g/mol. The summed E-state index contributed by atoms with van der Waals surface area (Å²) in [5.74, 6) is 0. The molecule has 0 bridgehead atoms. The maximum absolute atomic E-state index is 6.66. The van der Waals surface area contributed by atoms with Gasteiger partial charge in [-0.1, -0.05) is 149 Å². The predicted molar refractivity (Wildman–Crippen MR) is 238 cm³/mol. The fraction of sp³-hybridized carbons (Fsp3) is 0.111. The highest BCUT2D eigenvalue weighted by Crippen LogP contribution is 2.56. The van der Waals surface area contributed by atoms with Crippen molar-refractivity contribution in [1.82, 2.24) is 0 Å². The molecule has 0 aliphatic heterocycles.